The minimum atomic E-state index is -1.01. The first-order valence-corrected chi connectivity index (χ1v) is 8.88. The van der Waals surface area contributed by atoms with Gasteiger partial charge in [0.25, 0.3) is 0 Å². The SMILES string of the molecule is CCC1(CC)C(=O)N(c2ccccc2)CCN(c2ccccc2)C1=O. The molecule has 0 spiro atoms. The summed E-state index contributed by atoms with van der Waals surface area (Å²) in [5.74, 6) is -0.181. The molecular weight excluding hydrogens is 312 g/mol. The van der Waals surface area contributed by atoms with Gasteiger partial charge in [-0.1, -0.05) is 50.2 Å². The summed E-state index contributed by atoms with van der Waals surface area (Å²) < 4.78 is 0. The van der Waals surface area contributed by atoms with E-state index in [0.29, 0.717) is 25.9 Å². The Morgan fingerprint density at radius 1 is 0.720 bits per heavy atom. The van der Waals surface area contributed by atoms with Crippen molar-refractivity contribution in [3.05, 3.63) is 60.7 Å². The summed E-state index contributed by atoms with van der Waals surface area (Å²) in [6.07, 6.45) is 0.988. The van der Waals surface area contributed by atoms with Crippen LogP contribution >= 0.6 is 0 Å². The topological polar surface area (TPSA) is 40.6 Å². The Morgan fingerprint density at radius 2 is 1.08 bits per heavy atom. The average Bonchev–Trinajstić information content (AvgIpc) is 2.78. The summed E-state index contributed by atoms with van der Waals surface area (Å²) >= 11 is 0. The van der Waals surface area contributed by atoms with Crippen molar-refractivity contribution in [2.75, 3.05) is 22.9 Å². The maximum atomic E-state index is 13.4. The first kappa shape index (κ1) is 17.2. The third-order valence-electron chi connectivity index (χ3n) is 5.20. The molecule has 0 N–H and O–H groups in total. The number of benzene rings is 2. The molecule has 0 bridgehead atoms. The van der Waals surface area contributed by atoms with Gasteiger partial charge in [-0.2, -0.15) is 0 Å². The fourth-order valence-corrected chi connectivity index (χ4v) is 3.57. The van der Waals surface area contributed by atoms with E-state index in [1.54, 1.807) is 9.80 Å². The van der Waals surface area contributed by atoms with Crippen molar-refractivity contribution in [3.8, 4) is 0 Å². The van der Waals surface area contributed by atoms with Gasteiger partial charge in [0.15, 0.2) is 0 Å². The Morgan fingerprint density at radius 3 is 1.40 bits per heavy atom. The fraction of sp³-hybridized carbons (Fsp3) is 0.333. The van der Waals surface area contributed by atoms with Crippen LogP contribution in [0.2, 0.25) is 0 Å². The first-order valence-electron chi connectivity index (χ1n) is 8.88. The maximum absolute atomic E-state index is 13.4. The molecule has 25 heavy (non-hydrogen) atoms. The van der Waals surface area contributed by atoms with Crippen LogP contribution in [0.3, 0.4) is 0 Å². The van der Waals surface area contributed by atoms with Crippen LogP contribution in [0.1, 0.15) is 26.7 Å². The number of carbonyl (C=O) groups is 2. The standard InChI is InChI=1S/C21H24N2O2/c1-3-21(4-2)19(24)22(17-11-7-5-8-12-17)15-16-23(20(21)25)18-13-9-6-10-14-18/h5-14H,3-4,15-16H2,1-2H3. The first-order chi connectivity index (χ1) is 12.1. The second-order valence-corrected chi connectivity index (χ2v) is 6.37. The summed E-state index contributed by atoms with van der Waals surface area (Å²) in [5, 5.41) is 0. The Kier molecular flexibility index (Phi) is 4.88. The van der Waals surface area contributed by atoms with Gasteiger partial charge in [-0.3, -0.25) is 9.59 Å². The predicted octanol–water partition coefficient (Wildman–Crippen LogP) is 3.87. The molecule has 2 aromatic carbocycles. The Labute approximate surface area is 149 Å². The van der Waals surface area contributed by atoms with Crippen molar-refractivity contribution >= 4 is 23.2 Å². The molecule has 1 aliphatic rings. The average molecular weight is 336 g/mol. The number of hydrogen-bond donors (Lipinski definition) is 0. The van der Waals surface area contributed by atoms with Crippen LogP contribution in [0.15, 0.2) is 60.7 Å². The van der Waals surface area contributed by atoms with Crippen molar-refractivity contribution in [1.82, 2.24) is 0 Å². The molecule has 0 radical (unpaired) electrons. The third kappa shape index (κ3) is 2.93. The number of anilines is 2. The molecule has 0 unspecified atom stereocenters. The van der Waals surface area contributed by atoms with Crippen LogP contribution in [0, 0.1) is 5.41 Å². The van der Waals surface area contributed by atoms with E-state index in [-0.39, 0.29) is 11.8 Å². The van der Waals surface area contributed by atoms with Crippen molar-refractivity contribution in [2.24, 2.45) is 5.41 Å². The summed E-state index contributed by atoms with van der Waals surface area (Å²) in [4.78, 5) is 30.3. The van der Waals surface area contributed by atoms with E-state index in [4.69, 9.17) is 0 Å². The number of nitrogens with zero attached hydrogens (tertiary/aromatic N) is 2. The van der Waals surface area contributed by atoms with E-state index in [2.05, 4.69) is 0 Å². The number of carbonyl (C=O) groups excluding carboxylic acids is 2. The highest BCUT2D eigenvalue weighted by atomic mass is 16.2. The van der Waals surface area contributed by atoms with E-state index >= 15 is 0 Å². The van der Waals surface area contributed by atoms with Crippen LogP contribution < -0.4 is 9.80 Å². The summed E-state index contributed by atoms with van der Waals surface area (Å²) in [6.45, 7) is 4.84. The smallest absolute Gasteiger partial charge is 0.242 e. The summed E-state index contributed by atoms with van der Waals surface area (Å²) in [6, 6.07) is 19.3. The van der Waals surface area contributed by atoms with Crippen LogP contribution in [0.25, 0.3) is 0 Å². The molecular formula is C21H24N2O2. The minimum absolute atomic E-state index is 0.0906. The largest absolute Gasteiger partial charge is 0.310 e. The molecule has 1 fully saturated rings. The van der Waals surface area contributed by atoms with Crippen LogP contribution in [-0.2, 0) is 9.59 Å². The van der Waals surface area contributed by atoms with Crippen molar-refractivity contribution in [2.45, 2.75) is 26.7 Å². The normalized spacial score (nSPS) is 17.5. The van der Waals surface area contributed by atoms with Crippen LogP contribution in [0.4, 0.5) is 11.4 Å². The Hall–Kier alpha value is -2.62. The molecule has 2 amide bonds. The molecule has 1 heterocycles. The van der Waals surface area contributed by atoms with E-state index in [9.17, 15) is 9.59 Å². The predicted molar refractivity (Wildman–Crippen MR) is 101 cm³/mol. The number of hydrogen-bond acceptors (Lipinski definition) is 2. The quantitative estimate of drug-likeness (QED) is 0.795. The highest BCUT2D eigenvalue weighted by Gasteiger charge is 2.49. The van der Waals surface area contributed by atoms with Crippen LogP contribution in [-0.4, -0.2) is 24.9 Å². The molecule has 2 aromatic rings. The zero-order valence-electron chi connectivity index (χ0n) is 14.8. The monoisotopic (exact) mass is 336 g/mol. The van der Waals surface area contributed by atoms with Gasteiger partial charge in [0.1, 0.15) is 5.41 Å². The molecule has 0 saturated carbocycles. The van der Waals surface area contributed by atoms with Gasteiger partial charge in [-0.05, 0) is 37.1 Å². The maximum Gasteiger partial charge on any atom is 0.242 e. The second-order valence-electron chi connectivity index (χ2n) is 6.37. The van der Waals surface area contributed by atoms with Gasteiger partial charge in [0.2, 0.25) is 11.8 Å². The number of amides is 2. The second kappa shape index (κ2) is 7.09. The third-order valence-corrected chi connectivity index (χ3v) is 5.20. The van der Waals surface area contributed by atoms with Gasteiger partial charge >= 0.3 is 0 Å². The molecule has 4 nitrogen and oxygen atoms in total. The Balaban J connectivity index is 2.07. The molecule has 1 aliphatic heterocycles. The van der Waals surface area contributed by atoms with Gasteiger partial charge in [-0.25, -0.2) is 0 Å². The van der Waals surface area contributed by atoms with Gasteiger partial charge < -0.3 is 9.80 Å². The van der Waals surface area contributed by atoms with E-state index in [1.807, 2.05) is 74.5 Å². The minimum Gasteiger partial charge on any atom is -0.310 e. The zero-order chi connectivity index (χ0) is 17.9. The molecule has 0 atom stereocenters. The molecule has 4 heteroatoms. The summed E-state index contributed by atoms with van der Waals surface area (Å²) in [5.41, 5.74) is 0.685. The Bertz CT molecular complexity index is 678. The van der Waals surface area contributed by atoms with E-state index in [1.165, 1.54) is 0 Å². The van der Waals surface area contributed by atoms with Gasteiger partial charge in [0, 0.05) is 24.5 Å². The molecule has 0 aliphatic carbocycles. The van der Waals surface area contributed by atoms with E-state index in [0.717, 1.165) is 11.4 Å². The van der Waals surface area contributed by atoms with Crippen molar-refractivity contribution in [3.63, 3.8) is 0 Å². The highest BCUT2D eigenvalue weighted by molar-refractivity contribution is 6.17. The van der Waals surface area contributed by atoms with Gasteiger partial charge in [-0.15, -0.1) is 0 Å². The highest BCUT2D eigenvalue weighted by Crippen LogP contribution is 2.37. The molecule has 0 aromatic heterocycles. The van der Waals surface area contributed by atoms with Crippen molar-refractivity contribution < 1.29 is 9.59 Å². The molecule has 130 valence electrons. The lowest BCUT2D eigenvalue weighted by Gasteiger charge is -2.33. The lowest BCUT2D eigenvalue weighted by atomic mass is 9.79. The lowest BCUT2D eigenvalue weighted by molar-refractivity contribution is -0.140. The van der Waals surface area contributed by atoms with E-state index < -0.39 is 5.41 Å². The van der Waals surface area contributed by atoms with Crippen molar-refractivity contribution in [1.29, 1.82) is 0 Å². The molecule has 3 rings (SSSR count). The number of rotatable bonds is 4. The zero-order valence-corrected chi connectivity index (χ0v) is 14.8. The van der Waals surface area contributed by atoms with Crippen LogP contribution in [0.5, 0.6) is 0 Å². The van der Waals surface area contributed by atoms with Gasteiger partial charge in [0.05, 0.1) is 0 Å². The summed E-state index contributed by atoms with van der Waals surface area (Å²) in [7, 11) is 0. The lowest BCUT2D eigenvalue weighted by Crippen LogP contribution is -2.49. The number of para-hydroxylation sites is 2. The fourth-order valence-electron chi connectivity index (χ4n) is 3.57. The molecule has 1 saturated heterocycles.